The van der Waals surface area contributed by atoms with Gasteiger partial charge in [-0.3, -0.25) is 0 Å². The number of hydrogen-bond acceptors (Lipinski definition) is 2. The molecule has 0 bridgehead atoms. The Kier molecular flexibility index (Phi) is 4.24. The number of nitrogens with one attached hydrogen (secondary N) is 1. The Morgan fingerprint density at radius 1 is 1.20 bits per heavy atom. The minimum atomic E-state index is -0.124. The number of halogens is 2. The number of aromatic amines is 1. The maximum absolute atomic E-state index is 6.31. The second kappa shape index (κ2) is 5.47. The van der Waals surface area contributed by atoms with E-state index in [1.165, 1.54) is 0 Å². The lowest BCUT2D eigenvalue weighted by Gasteiger charge is -2.20. The number of benzene rings is 1. The lowest BCUT2D eigenvalue weighted by molar-refractivity contribution is 0.544. The van der Waals surface area contributed by atoms with E-state index in [2.05, 4.69) is 30.7 Å². The number of rotatable bonds is 1. The lowest BCUT2D eigenvalue weighted by atomic mass is 9.95. The Bertz CT molecular complexity index is 715. The largest absolute Gasteiger partial charge is 0.342 e. The quantitative estimate of drug-likeness (QED) is 0.679. The monoisotopic (exact) mass is 326 g/mol. The Morgan fingerprint density at radius 3 is 2.45 bits per heavy atom. The summed E-state index contributed by atoms with van der Waals surface area (Å²) < 4.78 is 0.583. The molecule has 0 aliphatic carbocycles. The van der Waals surface area contributed by atoms with E-state index in [9.17, 15) is 0 Å². The van der Waals surface area contributed by atoms with Crippen molar-refractivity contribution in [3.8, 4) is 11.3 Å². The van der Waals surface area contributed by atoms with Gasteiger partial charge in [0.1, 0.15) is 10.5 Å². The summed E-state index contributed by atoms with van der Waals surface area (Å²) in [5.41, 5.74) is 2.50. The topological polar surface area (TPSA) is 28.7 Å². The third-order valence-electron chi connectivity index (χ3n) is 3.08. The van der Waals surface area contributed by atoms with Crippen molar-refractivity contribution in [3.63, 3.8) is 0 Å². The maximum atomic E-state index is 6.31. The molecule has 0 saturated carbocycles. The molecule has 1 aromatic heterocycles. The molecule has 1 heterocycles. The van der Waals surface area contributed by atoms with Crippen molar-refractivity contribution < 1.29 is 0 Å². The summed E-state index contributed by atoms with van der Waals surface area (Å²) in [5.74, 6) is 0.833. The molecule has 1 N–H and O–H groups in total. The second-order valence-corrected chi connectivity index (χ2v) is 6.91. The van der Waals surface area contributed by atoms with Crippen LogP contribution < -0.4 is 0 Å². The van der Waals surface area contributed by atoms with Gasteiger partial charge in [-0.1, -0.05) is 68.3 Å². The van der Waals surface area contributed by atoms with Crippen LogP contribution in [0.3, 0.4) is 0 Å². The molecule has 5 heteroatoms. The normalized spacial score (nSPS) is 11.7. The fourth-order valence-corrected chi connectivity index (χ4v) is 2.44. The predicted octanol–water partition coefficient (Wildman–Crippen LogP) is 5.72. The molecule has 0 aliphatic rings. The fraction of sp³-hybridized carbons (Fsp3) is 0.333. The second-order valence-electron chi connectivity index (χ2n) is 5.74. The number of hydrogen-bond donors (Lipinski definition) is 1. The van der Waals surface area contributed by atoms with Crippen LogP contribution in [0, 0.1) is 11.6 Å². The maximum Gasteiger partial charge on any atom is 0.133 e. The van der Waals surface area contributed by atoms with Gasteiger partial charge in [0, 0.05) is 16.5 Å². The highest BCUT2D eigenvalue weighted by atomic mass is 35.5. The first kappa shape index (κ1) is 15.5. The van der Waals surface area contributed by atoms with Gasteiger partial charge in [-0.25, -0.2) is 4.98 Å². The van der Waals surface area contributed by atoms with Gasteiger partial charge < -0.3 is 4.98 Å². The predicted molar refractivity (Wildman–Crippen MR) is 88.3 cm³/mol. The molecule has 106 valence electrons. The van der Waals surface area contributed by atoms with E-state index >= 15 is 0 Å². The van der Waals surface area contributed by atoms with E-state index in [1.807, 2.05) is 19.1 Å². The van der Waals surface area contributed by atoms with Crippen molar-refractivity contribution in [2.75, 3.05) is 0 Å². The standard InChI is InChI=1S/C15H16Cl2N2S/c1-8-12(9-6-5-7-10(16)11(9)17)18-14(15(2,3)4)19-13(8)20/h5-7H,1-4H3,(H,18,19,20). The zero-order chi connectivity index (χ0) is 15.1. The third-order valence-corrected chi connectivity index (χ3v) is 4.30. The Hall–Kier alpha value is -0.900. The van der Waals surface area contributed by atoms with Crippen LogP contribution in [0.5, 0.6) is 0 Å². The van der Waals surface area contributed by atoms with Gasteiger partial charge in [-0.15, -0.1) is 0 Å². The van der Waals surface area contributed by atoms with Crippen molar-refractivity contribution in [1.82, 2.24) is 9.97 Å². The van der Waals surface area contributed by atoms with Crippen molar-refractivity contribution >= 4 is 35.4 Å². The number of aromatic nitrogens is 2. The molecule has 1 aromatic carbocycles. The molecule has 0 saturated heterocycles. The Labute approximate surface area is 134 Å². The van der Waals surface area contributed by atoms with Crippen LogP contribution >= 0.6 is 35.4 Å². The van der Waals surface area contributed by atoms with Gasteiger partial charge in [-0.2, -0.15) is 0 Å². The summed E-state index contributed by atoms with van der Waals surface area (Å²) in [5, 5.41) is 1.05. The molecule has 0 unspecified atom stereocenters. The molecule has 2 rings (SSSR count). The summed E-state index contributed by atoms with van der Waals surface area (Å²) in [6, 6.07) is 5.56. The van der Waals surface area contributed by atoms with Crippen LogP contribution in [0.15, 0.2) is 18.2 Å². The molecule has 0 fully saturated rings. The van der Waals surface area contributed by atoms with Crippen molar-refractivity contribution in [2.45, 2.75) is 33.1 Å². The highest BCUT2D eigenvalue weighted by Gasteiger charge is 2.20. The van der Waals surface area contributed by atoms with E-state index in [0.717, 1.165) is 22.6 Å². The van der Waals surface area contributed by atoms with Crippen LogP contribution in [0.25, 0.3) is 11.3 Å². The van der Waals surface area contributed by atoms with Gasteiger partial charge in [0.05, 0.1) is 15.7 Å². The lowest BCUT2D eigenvalue weighted by Crippen LogP contribution is -2.17. The van der Waals surface area contributed by atoms with Crippen molar-refractivity contribution in [1.29, 1.82) is 0 Å². The highest BCUT2D eigenvalue weighted by Crippen LogP contribution is 2.35. The van der Waals surface area contributed by atoms with Crippen LogP contribution in [0.1, 0.15) is 32.2 Å². The summed E-state index contributed by atoms with van der Waals surface area (Å²) in [6.07, 6.45) is 0. The van der Waals surface area contributed by atoms with Crippen molar-refractivity contribution in [2.24, 2.45) is 0 Å². The molecular formula is C15H16Cl2N2S. The first-order valence-electron chi connectivity index (χ1n) is 6.27. The van der Waals surface area contributed by atoms with E-state index in [1.54, 1.807) is 6.07 Å². The van der Waals surface area contributed by atoms with Crippen LogP contribution in [-0.2, 0) is 5.41 Å². The van der Waals surface area contributed by atoms with Crippen molar-refractivity contribution in [3.05, 3.63) is 44.3 Å². The molecule has 20 heavy (non-hydrogen) atoms. The average molecular weight is 327 g/mol. The molecule has 0 amide bonds. The highest BCUT2D eigenvalue weighted by molar-refractivity contribution is 7.71. The SMILES string of the molecule is Cc1c(-c2cccc(Cl)c2Cl)[nH]c(C(C)(C)C)nc1=S. The molecule has 0 radical (unpaired) electrons. The van der Waals surface area contributed by atoms with Crippen LogP contribution in [0.4, 0.5) is 0 Å². The molecule has 0 spiro atoms. The van der Waals surface area contributed by atoms with Gasteiger partial charge in [0.15, 0.2) is 0 Å². The minimum Gasteiger partial charge on any atom is -0.342 e. The number of nitrogens with zero attached hydrogens (tertiary/aromatic N) is 1. The molecule has 0 atom stereocenters. The zero-order valence-corrected chi connectivity index (χ0v) is 14.2. The van der Waals surface area contributed by atoms with Gasteiger partial charge in [0.2, 0.25) is 0 Å². The van der Waals surface area contributed by atoms with E-state index < -0.39 is 0 Å². The minimum absolute atomic E-state index is 0.124. The summed E-state index contributed by atoms with van der Waals surface area (Å²) >= 11 is 17.8. The fourth-order valence-electron chi connectivity index (χ4n) is 1.85. The van der Waals surface area contributed by atoms with Gasteiger partial charge in [-0.05, 0) is 13.0 Å². The average Bonchev–Trinajstić information content (AvgIpc) is 2.35. The first-order valence-corrected chi connectivity index (χ1v) is 7.44. The molecule has 2 aromatic rings. The smallest absolute Gasteiger partial charge is 0.133 e. The van der Waals surface area contributed by atoms with E-state index in [0.29, 0.717) is 14.7 Å². The third kappa shape index (κ3) is 2.90. The molecule has 0 aliphatic heterocycles. The van der Waals surface area contributed by atoms with Gasteiger partial charge >= 0.3 is 0 Å². The molecule has 2 nitrogen and oxygen atoms in total. The Balaban J connectivity index is 2.77. The Morgan fingerprint density at radius 2 is 1.85 bits per heavy atom. The summed E-state index contributed by atoms with van der Waals surface area (Å²) in [7, 11) is 0. The number of H-pyrrole nitrogens is 1. The summed E-state index contributed by atoms with van der Waals surface area (Å²) in [4.78, 5) is 7.82. The van der Waals surface area contributed by atoms with Crippen LogP contribution in [-0.4, -0.2) is 9.97 Å². The van der Waals surface area contributed by atoms with Crippen LogP contribution in [0.2, 0.25) is 10.0 Å². The first-order chi connectivity index (χ1) is 9.21. The van der Waals surface area contributed by atoms with E-state index in [4.69, 9.17) is 35.4 Å². The van der Waals surface area contributed by atoms with E-state index in [-0.39, 0.29) is 5.41 Å². The zero-order valence-electron chi connectivity index (χ0n) is 11.8. The van der Waals surface area contributed by atoms with Gasteiger partial charge in [0.25, 0.3) is 0 Å². The summed E-state index contributed by atoms with van der Waals surface area (Å²) in [6.45, 7) is 8.18. The molecular weight excluding hydrogens is 311 g/mol.